The SMILES string of the molecule is CC(C)[C@@H](N)C(=O)N(C)c1ccc(F)cc1. The molecule has 1 aromatic carbocycles. The van der Waals surface area contributed by atoms with Crippen LogP contribution in [0, 0.1) is 11.7 Å². The summed E-state index contributed by atoms with van der Waals surface area (Å²) in [6.45, 7) is 3.78. The molecule has 0 aliphatic rings. The van der Waals surface area contributed by atoms with E-state index in [1.165, 1.54) is 17.0 Å². The number of amides is 1. The molecule has 0 spiro atoms. The summed E-state index contributed by atoms with van der Waals surface area (Å²) in [5.41, 5.74) is 6.40. The van der Waals surface area contributed by atoms with Gasteiger partial charge in [-0.3, -0.25) is 4.79 Å². The van der Waals surface area contributed by atoms with Crippen LogP contribution in [0.3, 0.4) is 0 Å². The van der Waals surface area contributed by atoms with Gasteiger partial charge in [0.1, 0.15) is 5.82 Å². The Hall–Kier alpha value is -1.42. The molecule has 16 heavy (non-hydrogen) atoms. The van der Waals surface area contributed by atoms with E-state index in [4.69, 9.17) is 5.73 Å². The molecular weight excluding hydrogens is 207 g/mol. The molecule has 1 atom stereocenters. The number of anilines is 1. The Balaban J connectivity index is 2.82. The summed E-state index contributed by atoms with van der Waals surface area (Å²) in [5, 5.41) is 0. The van der Waals surface area contributed by atoms with Crippen LogP contribution < -0.4 is 10.6 Å². The lowest BCUT2D eigenvalue weighted by Crippen LogP contribution is -2.45. The normalized spacial score (nSPS) is 12.6. The predicted molar refractivity (Wildman–Crippen MR) is 62.6 cm³/mol. The number of hydrogen-bond acceptors (Lipinski definition) is 2. The van der Waals surface area contributed by atoms with E-state index in [9.17, 15) is 9.18 Å². The van der Waals surface area contributed by atoms with Crippen molar-refractivity contribution in [2.24, 2.45) is 11.7 Å². The van der Waals surface area contributed by atoms with Gasteiger partial charge in [-0.1, -0.05) is 13.8 Å². The van der Waals surface area contributed by atoms with Crippen molar-refractivity contribution in [2.75, 3.05) is 11.9 Å². The summed E-state index contributed by atoms with van der Waals surface area (Å²) in [6.07, 6.45) is 0. The Morgan fingerprint density at radius 2 is 1.81 bits per heavy atom. The van der Waals surface area contributed by atoms with Gasteiger partial charge in [0, 0.05) is 12.7 Å². The molecule has 1 aromatic rings. The lowest BCUT2D eigenvalue weighted by Gasteiger charge is -2.23. The van der Waals surface area contributed by atoms with Crippen molar-refractivity contribution < 1.29 is 9.18 Å². The molecule has 0 aliphatic heterocycles. The van der Waals surface area contributed by atoms with Gasteiger partial charge < -0.3 is 10.6 Å². The number of nitrogens with zero attached hydrogens (tertiary/aromatic N) is 1. The lowest BCUT2D eigenvalue weighted by atomic mass is 10.0. The van der Waals surface area contributed by atoms with Crippen LogP contribution in [0.5, 0.6) is 0 Å². The molecular formula is C12H17FN2O. The van der Waals surface area contributed by atoms with Crippen LogP contribution in [-0.4, -0.2) is 19.0 Å². The molecule has 4 heteroatoms. The summed E-state index contributed by atoms with van der Waals surface area (Å²) in [4.78, 5) is 13.3. The summed E-state index contributed by atoms with van der Waals surface area (Å²) in [7, 11) is 1.64. The van der Waals surface area contributed by atoms with Gasteiger partial charge in [-0.05, 0) is 30.2 Å². The van der Waals surface area contributed by atoms with Crippen LogP contribution in [0.15, 0.2) is 24.3 Å². The van der Waals surface area contributed by atoms with E-state index < -0.39 is 6.04 Å². The number of hydrogen-bond donors (Lipinski definition) is 1. The highest BCUT2D eigenvalue weighted by Crippen LogP contribution is 2.15. The average Bonchev–Trinajstić information content (AvgIpc) is 2.27. The number of carbonyl (C=O) groups is 1. The highest BCUT2D eigenvalue weighted by Gasteiger charge is 2.21. The zero-order valence-electron chi connectivity index (χ0n) is 9.77. The van der Waals surface area contributed by atoms with Gasteiger partial charge in [0.25, 0.3) is 0 Å². The summed E-state index contributed by atoms with van der Waals surface area (Å²) in [6, 6.07) is 5.22. The van der Waals surface area contributed by atoms with E-state index >= 15 is 0 Å². The number of carbonyl (C=O) groups excluding carboxylic acids is 1. The largest absolute Gasteiger partial charge is 0.320 e. The number of rotatable bonds is 3. The first-order valence-electron chi connectivity index (χ1n) is 5.22. The van der Waals surface area contributed by atoms with Gasteiger partial charge in [-0.2, -0.15) is 0 Å². The molecule has 3 nitrogen and oxygen atoms in total. The predicted octanol–water partition coefficient (Wildman–Crippen LogP) is 1.77. The van der Waals surface area contributed by atoms with E-state index in [-0.39, 0.29) is 17.6 Å². The van der Waals surface area contributed by atoms with Crippen LogP contribution in [0.1, 0.15) is 13.8 Å². The minimum Gasteiger partial charge on any atom is -0.320 e. The molecule has 0 radical (unpaired) electrons. The van der Waals surface area contributed by atoms with Crippen LogP contribution in [0.25, 0.3) is 0 Å². The topological polar surface area (TPSA) is 46.3 Å². The standard InChI is InChI=1S/C12H17FN2O/c1-8(2)11(14)12(16)15(3)10-6-4-9(13)5-7-10/h4-8,11H,14H2,1-3H3/t11-/m1/s1. The number of nitrogens with two attached hydrogens (primary N) is 1. The molecule has 1 rings (SSSR count). The molecule has 1 amide bonds. The van der Waals surface area contributed by atoms with E-state index in [0.29, 0.717) is 5.69 Å². The van der Waals surface area contributed by atoms with Gasteiger partial charge in [0.2, 0.25) is 5.91 Å². The molecule has 0 unspecified atom stereocenters. The lowest BCUT2D eigenvalue weighted by molar-refractivity contribution is -0.120. The van der Waals surface area contributed by atoms with Crippen molar-refractivity contribution in [3.05, 3.63) is 30.1 Å². The Morgan fingerprint density at radius 3 is 2.25 bits per heavy atom. The van der Waals surface area contributed by atoms with E-state index in [1.54, 1.807) is 19.2 Å². The van der Waals surface area contributed by atoms with Crippen LogP contribution in [0.2, 0.25) is 0 Å². The third kappa shape index (κ3) is 2.79. The first-order valence-corrected chi connectivity index (χ1v) is 5.22. The highest BCUT2D eigenvalue weighted by atomic mass is 19.1. The minimum atomic E-state index is -0.532. The van der Waals surface area contributed by atoms with Crippen LogP contribution in [-0.2, 0) is 4.79 Å². The Labute approximate surface area is 95.0 Å². The number of halogens is 1. The van der Waals surface area contributed by atoms with E-state index in [2.05, 4.69) is 0 Å². The van der Waals surface area contributed by atoms with Gasteiger partial charge in [-0.25, -0.2) is 4.39 Å². The second-order valence-corrected chi connectivity index (χ2v) is 4.14. The number of likely N-dealkylation sites (N-methyl/N-ethyl adjacent to an activating group) is 1. The third-order valence-electron chi connectivity index (χ3n) is 2.55. The molecule has 88 valence electrons. The number of benzene rings is 1. The molecule has 0 saturated heterocycles. The van der Waals surface area contributed by atoms with Crippen molar-refractivity contribution >= 4 is 11.6 Å². The maximum atomic E-state index is 12.7. The van der Waals surface area contributed by atoms with Crippen molar-refractivity contribution in [2.45, 2.75) is 19.9 Å². The minimum absolute atomic E-state index is 0.0791. The second kappa shape index (κ2) is 5.07. The van der Waals surface area contributed by atoms with Crippen molar-refractivity contribution in [3.63, 3.8) is 0 Å². The zero-order valence-corrected chi connectivity index (χ0v) is 9.77. The fraction of sp³-hybridized carbons (Fsp3) is 0.417. The Kier molecular flexibility index (Phi) is 4.01. The molecule has 0 aromatic heterocycles. The summed E-state index contributed by atoms with van der Waals surface area (Å²) < 4.78 is 12.7. The zero-order chi connectivity index (χ0) is 12.3. The second-order valence-electron chi connectivity index (χ2n) is 4.14. The molecule has 2 N–H and O–H groups in total. The first kappa shape index (κ1) is 12.6. The third-order valence-corrected chi connectivity index (χ3v) is 2.55. The summed E-state index contributed by atoms with van der Waals surface area (Å²) >= 11 is 0. The highest BCUT2D eigenvalue weighted by molar-refractivity contribution is 5.96. The molecule has 0 bridgehead atoms. The fourth-order valence-electron chi connectivity index (χ4n) is 1.30. The molecule has 0 fully saturated rings. The quantitative estimate of drug-likeness (QED) is 0.850. The maximum Gasteiger partial charge on any atom is 0.243 e. The molecule has 0 saturated carbocycles. The van der Waals surface area contributed by atoms with Gasteiger partial charge in [0.15, 0.2) is 0 Å². The average molecular weight is 224 g/mol. The molecule has 0 heterocycles. The van der Waals surface area contributed by atoms with E-state index in [0.717, 1.165) is 0 Å². The summed E-state index contributed by atoms with van der Waals surface area (Å²) in [5.74, 6) is -0.408. The first-order chi connectivity index (χ1) is 7.43. The molecule has 0 aliphatic carbocycles. The van der Waals surface area contributed by atoms with Crippen LogP contribution in [0.4, 0.5) is 10.1 Å². The van der Waals surface area contributed by atoms with E-state index in [1.807, 2.05) is 13.8 Å². The monoisotopic (exact) mass is 224 g/mol. The van der Waals surface area contributed by atoms with Gasteiger partial charge in [-0.15, -0.1) is 0 Å². The van der Waals surface area contributed by atoms with Gasteiger partial charge >= 0.3 is 0 Å². The maximum absolute atomic E-state index is 12.7. The van der Waals surface area contributed by atoms with Crippen molar-refractivity contribution in [1.82, 2.24) is 0 Å². The fourth-order valence-corrected chi connectivity index (χ4v) is 1.30. The van der Waals surface area contributed by atoms with Gasteiger partial charge in [0.05, 0.1) is 6.04 Å². The van der Waals surface area contributed by atoms with Crippen LogP contribution >= 0.6 is 0 Å². The van der Waals surface area contributed by atoms with Crippen molar-refractivity contribution in [1.29, 1.82) is 0 Å². The Bertz CT molecular complexity index is 362. The Morgan fingerprint density at radius 1 is 1.31 bits per heavy atom. The van der Waals surface area contributed by atoms with Crippen molar-refractivity contribution in [3.8, 4) is 0 Å². The smallest absolute Gasteiger partial charge is 0.243 e.